The van der Waals surface area contributed by atoms with E-state index in [1.54, 1.807) is 13.0 Å². The summed E-state index contributed by atoms with van der Waals surface area (Å²) in [7, 11) is 0. The lowest BCUT2D eigenvalue weighted by atomic mass is 10.1. The lowest BCUT2D eigenvalue weighted by Crippen LogP contribution is -2.03. The fourth-order valence-electron chi connectivity index (χ4n) is 0.649. The van der Waals surface area contributed by atoms with Crippen molar-refractivity contribution in [2.75, 3.05) is 0 Å². The maximum absolute atomic E-state index is 10.7. The largest absolute Gasteiger partial charge is 0.301 e. The highest BCUT2D eigenvalue weighted by Gasteiger charge is 2.04. The molecule has 0 unspecified atom stereocenters. The molecule has 0 aromatic rings. The van der Waals surface area contributed by atoms with Crippen LogP contribution in [0.15, 0.2) is 23.8 Å². The molecule has 2 nitrogen and oxygen atoms in total. The van der Waals surface area contributed by atoms with Crippen LogP contribution in [-0.4, -0.2) is 11.5 Å². The zero-order valence-electron chi connectivity index (χ0n) is 5.14. The molecule has 1 rings (SSSR count). The predicted molar refractivity (Wildman–Crippen MR) is 35.6 cm³/mol. The van der Waals surface area contributed by atoms with Gasteiger partial charge in [-0.05, 0) is 30.7 Å². The Hall–Kier alpha value is -1.18. The smallest absolute Gasteiger partial charge is 0.181 e. The van der Waals surface area contributed by atoms with Crippen LogP contribution in [-0.2, 0) is 4.79 Å². The lowest BCUT2D eigenvalue weighted by Gasteiger charge is -1.99. The maximum Gasteiger partial charge on any atom is 0.181 e. The van der Waals surface area contributed by atoms with E-state index >= 15 is 0 Å². The Bertz CT molecular complexity index is 223. The van der Waals surface area contributed by atoms with Gasteiger partial charge >= 0.3 is 0 Å². The minimum absolute atomic E-state index is 0.00556. The Balaban J connectivity index is 2.95. The zero-order valence-corrected chi connectivity index (χ0v) is 5.14. The standard InChI is InChI=1S/C7H7NO/c1-5-4-6(8)2-3-7(5)9/h2-4,8H,1H3. The number of hydrogen-bond donors (Lipinski definition) is 1. The van der Waals surface area contributed by atoms with Gasteiger partial charge in [-0.25, -0.2) is 0 Å². The summed E-state index contributed by atoms with van der Waals surface area (Å²) >= 11 is 0. The summed E-state index contributed by atoms with van der Waals surface area (Å²) in [6.07, 6.45) is 4.47. The molecule has 0 radical (unpaired) electrons. The van der Waals surface area contributed by atoms with Crippen LogP contribution in [0.1, 0.15) is 6.92 Å². The van der Waals surface area contributed by atoms with Gasteiger partial charge < -0.3 is 5.41 Å². The van der Waals surface area contributed by atoms with E-state index < -0.39 is 0 Å². The molecule has 0 atom stereocenters. The molecule has 1 aliphatic carbocycles. The molecule has 9 heavy (non-hydrogen) atoms. The van der Waals surface area contributed by atoms with Gasteiger partial charge in [-0.3, -0.25) is 4.79 Å². The van der Waals surface area contributed by atoms with Crippen LogP contribution in [0.3, 0.4) is 0 Å². The van der Waals surface area contributed by atoms with Crippen molar-refractivity contribution < 1.29 is 4.79 Å². The summed E-state index contributed by atoms with van der Waals surface area (Å²) in [5.74, 6) is 0.00556. The number of nitrogens with one attached hydrogen (secondary N) is 1. The first-order valence-corrected chi connectivity index (χ1v) is 2.69. The Morgan fingerprint density at radius 1 is 1.44 bits per heavy atom. The highest BCUT2D eigenvalue weighted by atomic mass is 16.1. The quantitative estimate of drug-likeness (QED) is 0.479. The van der Waals surface area contributed by atoms with E-state index in [0.717, 1.165) is 0 Å². The van der Waals surface area contributed by atoms with Crippen molar-refractivity contribution in [3.05, 3.63) is 23.8 Å². The van der Waals surface area contributed by atoms with Crippen molar-refractivity contribution in [3.63, 3.8) is 0 Å². The minimum atomic E-state index is 0.00556. The third-order valence-electron chi connectivity index (χ3n) is 1.17. The van der Waals surface area contributed by atoms with Gasteiger partial charge in [0, 0.05) is 0 Å². The molecule has 0 aliphatic heterocycles. The van der Waals surface area contributed by atoms with E-state index in [9.17, 15) is 4.79 Å². The third kappa shape index (κ3) is 1.13. The molecule has 0 spiro atoms. The molecule has 0 amide bonds. The average Bonchev–Trinajstić information content (AvgIpc) is 1.80. The summed E-state index contributed by atoms with van der Waals surface area (Å²) in [4.78, 5) is 10.7. The van der Waals surface area contributed by atoms with Gasteiger partial charge in [-0.2, -0.15) is 0 Å². The average molecular weight is 121 g/mol. The first-order chi connectivity index (χ1) is 4.20. The van der Waals surface area contributed by atoms with Crippen LogP contribution in [0, 0.1) is 5.41 Å². The molecule has 1 N–H and O–H groups in total. The van der Waals surface area contributed by atoms with E-state index in [2.05, 4.69) is 0 Å². The van der Waals surface area contributed by atoms with E-state index in [4.69, 9.17) is 5.41 Å². The molecule has 1 aliphatic rings. The van der Waals surface area contributed by atoms with Crippen LogP contribution in [0.2, 0.25) is 0 Å². The fourth-order valence-corrected chi connectivity index (χ4v) is 0.649. The summed E-state index contributed by atoms with van der Waals surface area (Å²) in [6.45, 7) is 1.71. The number of rotatable bonds is 0. The predicted octanol–water partition coefficient (Wildman–Crippen LogP) is 1.09. The molecule has 0 saturated heterocycles. The van der Waals surface area contributed by atoms with Crippen LogP contribution < -0.4 is 0 Å². The number of allylic oxidation sites excluding steroid dienone is 4. The maximum atomic E-state index is 10.7. The normalized spacial score (nSPS) is 18.1. The number of carbonyl (C=O) groups excluding carboxylic acids is 1. The monoisotopic (exact) mass is 121 g/mol. The van der Waals surface area contributed by atoms with Gasteiger partial charge in [0.2, 0.25) is 0 Å². The molecular formula is C7H7NO. The minimum Gasteiger partial charge on any atom is -0.301 e. The van der Waals surface area contributed by atoms with E-state index in [0.29, 0.717) is 11.3 Å². The van der Waals surface area contributed by atoms with Crippen molar-refractivity contribution >= 4 is 11.5 Å². The van der Waals surface area contributed by atoms with Gasteiger partial charge in [0.25, 0.3) is 0 Å². The molecule has 0 aromatic heterocycles. The van der Waals surface area contributed by atoms with E-state index in [1.807, 2.05) is 0 Å². The topological polar surface area (TPSA) is 40.9 Å². The molecule has 0 fully saturated rings. The second-order valence-corrected chi connectivity index (χ2v) is 1.98. The lowest BCUT2D eigenvalue weighted by molar-refractivity contribution is -0.111. The Morgan fingerprint density at radius 2 is 2.11 bits per heavy atom. The van der Waals surface area contributed by atoms with Crippen molar-refractivity contribution in [3.8, 4) is 0 Å². The second-order valence-electron chi connectivity index (χ2n) is 1.98. The van der Waals surface area contributed by atoms with Gasteiger partial charge in [-0.15, -0.1) is 0 Å². The van der Waals surface area contributed by atoms with E-state index in [-0.39, 0.29) is 5.78 Å². The zero-order chi connectivity index (χ0) is 6.85. The van der Waals surface area contributed by atoms with Gasteiger partial charge in [0.15, 0.2) is 5.78 Å². The summed E-state index contributed by atoms with van der Waals surface area (Å²) in [5.41, 5.74) is 1.04. The van der Waals surface area contributed by atoms with Crippen molar-refractivity contribution in [1.29, 1.82) is 5.41 Å². The summed E-state index contributed by atoms with van der Waals surface area (Å²) in [5, 5.41) is 7.09. The Morgan fingerprint density at radius 3 is 2.56 bits per heavy atom. The molecule has 0 bridgehead atoms. The molecule has 46 valence electrons. The molecule has 0 aromatic carbocycles. The van der Waals surface area contributed by atoms with Gasteiger partial charge in [0.1, 0.15) is 0 Å². The van der Waals surface area contributed by atoms with Gasteiger partial charge in [0.05, 0.1) is 5.71 Å². The number of carbonyl (C=O) groups is 1. The number of hydrogen-bond acceptors (Lipinski definition) is 2. The third-order valence-corrected chi connectivity index (χ3v) is 1.17. The summed E-state index contributed by atoms with van der Waals surface area (Å²) in [6, 6.07) is 0. The molecule has 0 heterocycles. The van der Waals surface area contributed by atoms with Crippen LogP contribution in [0.5, 0.6) is 0 Å². The first kappa shape index (κ1) is 5.95. The van der Waals surface area contributed by atoms with Crippen molar-refractivity contribution in [2.24, 2.45) is 0 Å². The van der Waals surface area contributed by atoms with Crippen LogP contribution in [0.25, 0.3) is 0 Å². The molecular weight excluding hydrogens is 114 g/mol. The SMILES string of the molecule is CC1=CC(=N)C=CC1=O. The van der Waals surface area contributed by atoms with Crippen molar-refractivity contribution in [2.45, 2.75) is 6.92 Å². The molecule has 0 saturated carbocycles. The van der Waals surface area contributed by atoms with Crippen LogP contribution in [0.4, 0.5) is 0 Å². The Labute approximate surface area is 53.4 Å². The van der Waals surface area contributed by atoms with Crippen molar-refractivity contribution in [1.82, 2.24) is 0 Å². The first-order valence-electron chi connectivity index (χ1n) is 2.69. The van der Waals surface area contributed by atoms with E-state index in [1.165, 1.54) is 12.2 Å². The highest BCUT2D eigenvalue weighted by molar-refractivity contribution is 6.17. The molecule has 2 heteroatoms. The Kier molecular flexibility index (Phi) is 1.30. The summed E-state index contributed by atoms with van der Waals surface area (Å²) < 4.78 is 0. The van der Waals surface area contributed by atoms with Gasteiger partial charge in [-0.1, -0.05) is 0 Å². The van der Waals surface area contributed by atoms with Crippen LogP contribution >= 0.6 is 0 Å². The second kappa shape index (κ2) is 1.97. The highest BCUT2D eigenvalue weighted by Crippen LogP contribution is 2.02. The number of ketones is 1. The fraction of sp³-hybridized carbons (Fsp3) is 0.143.